The quantitative estimate of drug-likeness (QED) is 0.937. The number of anilines is 1. The van der Waals surface area contributed by atoms with Crippen molar-refractivity contribution in [3.8, 4) is 0 Å². The lowest BCUT2D eigenvalue weighted by atomic mass is 10.2. The summed E-state index contributed by atoms with van der Waals surface area (Å²) in [6, 6.07) is 11.0. The van der Waals surface area contributed by atoms with Gasteiger partial charge in [0.25, 0.3) is 0 Å². The van der Waals surface area contributed by atoms with Crippen molar-refractivity contribution in [2.75, 3.05) is 11.9 Å². The number of aromatic nitrogens is 2. The summed E-state index contributed by atoms with van der Waals surface area (Å²) < 4.78 is 1.02. The summed E-state index contributed by atoms with van der Waals surface area (Å²) in [5.74, 6) is -0.451. The number of nitrogens with zero attached hydrogens (tertiary/aromatic N) is 3. The van der Waals surface area contributed by atoms with Crippen LogP contribution in [0.3, 0.4) is 0 Å². The first-order chi connectivity index (χ1) is 9.08. The molecule has 1 heterocycles. The van der Waals surface area contributed by atoms with E-state index in [0.29, 0.717) is 12.4 Å². The van der Waals surface area contributed by atoms with E-state index in [4.69, 9.17) is 5.11 Å². The van der Waals surface area contributed by atoms with Crippen LogP contribution < -0.4 is 4.90 Å². The second-order valence-corrected chi connectivity index (χ2v) is 4.88. The molecule has 0 saturated heterocycles. The average Bonchev–Trinajstić information content (AvgIpc) is 2.41. The third-order valence-electron chi connectivity index (χ3n) is 2.63. The third kappa shape index (κ3) is 3.29. The molecule has 98 valence electrons. The van der Waals surface area contributed by atoms with Crippen molar-refractivity contribution >= 4 is 27.7 Å². The highest BCUT2D eigenvalue weighted by Gasteiger charge is 2.09. The van der Waals surface area contributed by atoms with Crippen LogP contribution in [0.1, 0.15) is 16.1 Å². The average molecular weight is 322 g/mol. The number of carboxylic acid groups (broad SMARTS) is 1. The van der Waals surface area contributed by atoms with E-state index in [-0.39, 0.29) is 5.69 Å². The summed E-state index contributed by atoms with van der Waals surface area (Å²) in [4.78, 5) is 12.6. The number of carbonyl (C=O) groups is 1. The van der Waals surface area contributed by atoms with Crippen molar-refractivity contribution in [1.29, 1.82) is 0 Å². The Bertz CT molecular complexity index is 587. The van der Waals surface area contributed by atoms with Gasteiger partial charge in [0, 0.05) is 18.1 Å². The van der Waals surface area contributed by atoms with Crippen molar-refractivity contribution in [2.24, 2.45) is 0 Å². The number of hydrogen-bond donors (Lipinski definition) is 1. The monoisotopic (exact) mass is 321 g/mol. The molecule has 0 aliphatic carbocycles. The Morgan fingerprint density at radius 2 is 2.00 bits per heavy atom. The summed E-state index contributed by atoms with van der Waals surface area (Å²) in [6.45, 7) is 0.655. The molecule has 0 bridgehead atoms. The van der Waals surface area contributed by atoms with Crippen LogP contribution in [0.15, 0.2) is 40.9 Å². The van der Waals surface area contributed by atoms with Crippen LogP contribution in [-0.2, 0) is 6.54 Å². The molecule has 2 aromatic rings. The van der Waals surface area contributed by atoms with Gasteiger partial charge >= 0.3 is 5.97 Å². The molecule has 0 fully saturated rings. The molecule has 0 aliphatic rings. The van der Waals surface area contributed by atoms with E-state index in [0.717, 1.165) is 10.0 Å². The van der Waals surface area contributed by atoms with Crippen LogP contribution in [0.2, 0.25) is 0 Å². The van der Waals surface area contributed by atoms with Crippen LogP contribution in [0.4, 0.5) is 5.82 Å². The molecule has 0 saturated carbocycles. The highest BCUT2D eigenvalue weighted by atomic mass is 79.9. The summed E-state index contributed by atoms with van der Waals surface area (Å²) in [6.07, 6.45) is 0. The fourth-order valence-corrected chi connectivity index (χ4v) is 2.02. The largest absolute Gasteiger partial charge is 0.476 e. The minimum atomic E-state index is -1.08. The van der Waals surface area contributed by atoms with Crippen LogP contribution >= 0.6 is 15.9 Å². The van der Waals surface area contributed by atoms with Crippen LogP contribution in [0, 0.1) is 0 Å². The molecule has 0 aliphatic heterocycles. The lowest BCUT2D eigenvalue weighted by molar-refractivity contribution is 0.0689. The second kappa shape index (κ2) is 5.79. The smallest absolute Gasteiger partial charge is 0.356 e. The number of hydrogen-bond acceptors (Lipinski definition) is 4. The minimum absolute atomic E-state index is 0.0574. The van der Waals surface area contributed by atoms with Gasteiger partial charge in [-0.2, -0.15) is 0 Å². The molecule has 5 nitrogen and oxygen atoms in total. The van der Waals surface area contributed by atoms with Crippen molar-refractivity contribution in [3.05, 3.63) is 52.1 Å². The number of rotatable bonds is 4. The van der Waals surface area contributed by atoms with Crippen molar-refractivity contribution in [2.45, 2.75) is 6.54 Å². The van der Waals surface area contributed by atoms with Crippen molar-refractivity contribution in [3.63, 3.8) is 0 Å². The maximum atomic E-state index is 10.7. The Kier molecular flexibility index (Phi) is 4.11. The first-order valence-corrected chi connectivity index (χ1v) is 6.39. The van der Waals surface area contributed by atoms with Crippen LogP contribution in [-0.4, -0.2) is 28.3 Å². The predicted molar refractivity (Wildman–Crippen MR) is 75.2 cm³/mol. The minimum Gasteiger partial charge on any atom is -0.476 e. The van der Waals surface area contributed by atoms with E-state index in [1.54, 1.807) is 6.07 Å². The lowest BCUT2D eigenvalue weighted by Gasteiger charge is -2.18. The van der Waals surface area contributed by atoms with E-state index >= 15 is 0 Å². The standard InChI is InChI=1S/C13H12BrN3O2/c1-17(8-9-4-2-3-5-10(9)14)12-7-6-11(13(18)19)15-16-12/h2-7H,8H2,1H3,(H,18,19). The van der Waals surface area contributed by atoms with Gasteiger partial charge in [0.2, 0.25) is 0 Å². The molecular weight excluding hydrogens is 310 g/mol. The van der Waals surface area contributed by atoms with Crippen LogP contribution in [0.25, 0.3) is 0 Å². The highest BCUT2D eigenvalue weighted by Crippen LogP contribution is 2.19. The molecule has 2 rings (SSSR count). The summed E-state index contributed by atoms with van der Waals surface area (Å²) in [5.41, 5.74) is 1.06. The summed E-state index contributed by atoms with van der Waals surface area (Å²) in [5, 5.41) is 16.3. The lowest BCUT2D eigenvalue weighted by Crippen LogP contribution is -2.19. The van der Waals surface area contributed by atoms with Crippen LogP contribution in [0.5, 0.6) is 0 Å². The number of aromatic carboxylic acids is 1. The van der Waals surface area contributed by atoms with E-state index in [2.05, 4.69) is 26.1 Å². The fraction of sp³-hybridized carbons (Fsp3) is 0.154. The van der Waals surface area contributed by atoms with Gasteiger partial charge in [-0.3, -0.25) is 0 Å². The topological polar surface area (TPSA) is 66.3 Å². The molecule has 19 heavy (non-hydrogen) atoms. The van der Waals surface area contributed by atoms with Gasteiger partial charge in [-0.25, -0.2) is 4.79 Å². The molecule has 0 spiro atoms. The molecule has 0 unspecified atom stereocenters. The number of benzene rings is 1. The normalized spacial score (nSPS) is 10.2. The second-order valence-electron chi connectivity index (χ2n) is 4.03. The molecule has 0 amide bonds. The summed E-state index contributed by atoms with van der Waals surface area (Å²) in [7, 11) is 1.88. The Balaban J connectivity index is 2.14. The number of halogens is 1. The first kappa shape index (κ1) is 13.5. The molecule has 0 radical (unpaired) electrons. The zero-order valence-electron chi connectivity index (χ0n) is 10.2. The van der Waals surface area contributed by atoms with Crippen molar-refractivity contribution < 1.29 is 9.90 Å². The predicted octanol–water partition coefficient (Wildman–Crippen LogP) is 2.57. The van der Waals surface area contributed by atoms with Crippen molar-refractivity contribution in [1.82, 2.24) is 10.2 Å². The highest BCUT2D eigenvalue weighted by molar-refractivity contribution is 9.10. The first-order valence-electron chi connectivity index (χ1n) is 5.59. The Hall–Kier alpha value is -1.95. The number of carboxylic acids is 1. The molecule has 1 aromatic carbocycles. The fourth-order valence-electron chi connectivity index (χ4n) is 1.61. The zero-order valence-corrected chi connectivity index (χ0v) is 11.8. The van der Waals surface area contributed by atoms with Gasteiger partial charge in [0.05, 0.1) is 0 Å². The zero-order chi connectivity index (χ0) is 13.8. The third-order valence-corrected chi connectivity index (χ3v) is 3.40. The molecule has 1 N–H and O–H groups in total. The molecule has 0 atom stereocenters. The van der Waals surface area contributed by atoms with Gasteiger partial charge in [-0.15, -0.1) is 10.2 Å². The Morgan fingerprint density at radius 1 is 1.26 bits per heavy atom. The molecular formula is C13H12BrN3O2. The Labute approximate surface area is 119 Å². The molecule has 1 aromatic heterocycles. The van der Waals surface area contributed by atoms with E-state index in [1.165, 1.54) is 6.07 Å². The van der Waals surface area contributed by atoms with Gasteiger partial charge in [0.1, 0.15) is 0 Å². The maximum Gasteiger partial charge on any atom is 0.356 e. The van der Waals surface area contributed by atoms with Gasteiger partial charge in [0.15, 0.2) is 11.5 Å². The van der Waals surface area contributed by atoms with Gasteiger partial charge in [-0.05, 0) is 23.8 Å². The Morgan fingerprint density at radius 3 is 2.58 bits per heavy atom. The van der Waals surface area contributed by atoms with E-state index < -0.39 is 5.97 Å². The maximum absolute atomic E-state index is 10.7. The SMILES string of the molecule is CN(Cc1ccccc1Br)c1ccc(C(=O)O)nn1. The summed E-state index contributed by atoms with van der Waals surface area (Å²) >= 11 is 3.49. The van der Waals surface area contributed by atoms with Gasteiger partial charge < -0.3 is 10.0 Å². The van der Waals surface area contributed by atoms with Gasteiger partial charge in [-0.1, -0.05) is 34.1 Å². The molecule has 6 heteroatoms. The van der Waals surface area contributed by atoms with E-state index in [9.17, 15) is 4.79 Å². The van der Waals surface area contributed by atoms with E-state index in [1.807, 2.05) is 36.2 Å².